The first-order valence-electron chi connectivity index (χ1n) is 17.7. The number of aryl methyl sites for hydroxylation is 2. The van der Waals surface area contributed by atoms with Crippen LogP contribution in [0.2, 0.25) is 0 Å². The van der Waals surface area contributed by atoms with Crippen molar-refractivity contribution in [1.82, 2.24) is 15.0 Å². The van der Waals surface area contributed by atoms with E-state index in [0.29, 0.717) is 0 Å². The van der Waals surface area contributed by atoms with Gasteiger partial charge in [-0.1, -0.05) is 139 Å². The van der Waals surface area contributed by atoms with E-state index in [1.807, 2.05) is 24.0 Å². The maximum atomic E-state index is 5.26. The van der Waals surface area contributed by atoms with Gasteiger partial charge in [0, 0.05) is 38.4 Å². The smallest absolute Gasteiger partial charge is 0.160 e. The zero-order chi connectivity index (χ0) is 34.8. The lowest BCUT2D eigenvalue weighted by Gasteiger charge is -2.39. The molecule has 0 radical (unpaired) electrons. The molecule has 8 aromatic rings. The number of fused-ring (bicyclic) bond motifs is 9. The van der Waals surface area contributed by atoms with Crippen LogP contribution in [0, 0.1) is 13.8 Å². The lowest BCUT2D eigenvalue weighted by atomic mass is 9.67. The topological polar surface area (TPSA) is 38.7 Å². The van der Waals surface area contributed by atoms with E-state index in [4.69, 9.17) is 15.0 Å². The number of nitrogens with zero attached hydrogens (tertiary/aromatic N) is 3. The average Bonchev–Trinajstić information content (AvgIpc) is 3.48. The third-order valence-corrected chi connectivity index (χ3v) is 11.7. The lowest BCUT2D eigenvalue weighted by molar-refractivity contribution is 0.722. The molecule has 2 aliphatic rings. The third-order valence-electron chi connectivity index (χ3n) is 10.6. The van der Waals surface area contributed by atoms with Crippen LogP contribution in [-0.4, -0.2) is 15.0 Å². The lowest BCUT2D eigenvalue weighted by Crippen LogP contribution is -2.31. The van der Waals surface area contributed by atoms with Gasteiger partial charge >= 0.3 is 0 Å². The van der Waals surface area contributed by atoms with Crippen LogP contribution in [-0.2, 0) is 5.41 Å². The van der Waals surface area contributed by atoms with Crippen LogP contribution < -0.4 is 0 Å². The van der Waals surface area contributed by atoms with E-state index in [1.54, 1.807) is 0 Å². The number of benzene rings is 6. The highest BCUT2D eigenvalue weighted by Gasteiger charge is 2.51. The molecule has 6 aromatic carbocycles. The molecule has 52 heavy (non-hydrogen) atoms. The second kappa shape index (κ2) is 12.0. The van der Waals surface area contributed by atoms with Crippen LogP contribution in [0.3, 0.4) is 0 Å². The van der Waals surface area contributed by atoms with Crippen molar-refractivity contribution in [2.45, 2.75) is 29.1 Å². The molecule has 1 spiro atoms. The fourth-order valence-electron chi connectivity index (χ4n) is 8.34. The molecule has 0 atom stereocenters. The van der Waals surface area contributed by atoms with E-state index >= 15 is 0 Å². The highest BCUT2D eigenvalue weighted by Crippen LogP contribution is 2.63. The fourth-order valence-corrected chi connectivity index (χ4v) is 9.53. The van der Waals surface area contributed by atoms with Crippen molar-refractivity contribution in [3.8, 4) is 56.2 Å². The van der Waals surface area contributed by atoms with Crippen LogP contribution in [0.25, 0.3) is 56.2 Å². The van der Waals surface area contributed by atoms with E-state index in [2.05, 4.69) is 166 Å². The maximum absolute atomic E-state index is 5.26. The first-order valence-corrected chi connectivity index (χ1v) is 18.5. The Labute approximate surface area is 308 Å². The highest BCUT2D eigenvalue weighted by molar-refractivity contribution is 7.99. The van der Waals surface area contributed by atoms with E-state index in [-0.39, 0.29) is 0 Å². The van der Waals surface area contributed by atoms with Gasteiger partial charge in [-0.2, -0.15) is 0 Å². The molecule has 0 amide bonds. The van der Waals surface area contributed by atoms with Crippen molar-refractivity contribution in [2.24, 2.45) is 0 Å². The Balaban J connectivity index is 1.29. The minimum Gasteiger partial charge on any atom is -0.256 e. The Morgan fingerprint density at radius 2 is 1.13 bits per heavy atom. The van der Waals surface area contributed by atoms with Crippen molar-refractivity contribution < 1.29 is 0 Å². The molecule has 4 heteroatoms. The molecule has 0 saturated heterocycles. The zero-order valence-corrected chi connectivity index (χ0v) is 29.7. The molecule has 0 bridgehead atoms. The van der Waals surface area contributed by atoms with E-state index in [1.165, 1.54) is 43.2 Å². The molecule has 1 aliphatic heterocycles. The Bertz CT molecular complexity index is 2630. The summed E-state index contributed by atoms with van der Waals surface area (Å²) in [6.45, 7) is 4.14. The van der Waals surface area contributed by atoms with Gasteiger partial charge in [0.1, 0.15) is 0 Å². The van der Waals surface area contributed by atoms with Crippen molar-refractivity contribution in [3.63, 3.8) is 0 Å². The monoisotopic (exact) mass is 683 g/mol. The molecule has 2 aromatic heterocycles. The highest BCUT2D eigenvalue weighted by atomic mass is 32.2. The van der Waals surface area contributed by atoms with E-state index in [0.717, 1.165) is 56.3 Å². The molecule has 10 rings (SSSR count). The summed E-state index contributed by atoms with van der Waals surface area (Å²) in [4.78, 5) is 17.8. The SMILES string of the molecule is Cc1ccc(-c2ccccc2-c2ccc3c(c2)-c2c(-c4nc(C)cc(-c5ccccc5)n4)cccc2C32c3ccccc3Sc3ccccc32)nc1. The first-order chi connectivity index (χ1) is 25.6. The van der Waals surface area contributed by atoms with Gasteiger partial charge in [0.15, 0.2) is 5.82 Å². The van der Waals surface area contributed by atoms with Crippen LogP contribution in [0.5, 0.6) is 0 Å². The van der Waals surface area contributed by atoms with E-state index < -0.39 is 5.41 Å². The van der Waals surface area contributed by atoms with Gasteiger partial charge in [0.05, 0.1) is 16.8 Å². The number of aromatic nitrogens is 3. The summed E-state index contributed by atoms with van der Waals surface area (Å²) in [5, 5.41) is 0. The largest absolute Gasteiger partial charge is 0.256 e. The van der Waals surface area contributed by atoms with Crippen LogP contribution in [0.4, 0.5) is 0 Å². The minimum absolute atomic E-state index is 0.512. The Morgan fingerprint density at radius 1 is 0.462 bits per heavy atom. The Kier molecular flexibility index (Phi) is 7.09. The molecule has 0 fully saturated rings. The van der Waals surface area contributed by atoms with E-state index in [9.17, 15) is 0 Å². The van der Waals surface area contributed by atoms with Crippen molar-refractivity contribution in [1.29, 1.82) is 0 Å². The summed E-state index contributed by atoms with van der Waals surface area (Å²) < 4.78 is 0. The minimum atomic E-state index is -0.512. The van der Waals surface area contributed by atoms with Crippen LogP contribution in [0.1, 0.15) is 33.5 Å². The van der Waals surface area contributed by atoms with Gasteiger partial charge in [-0.3, -0.25) is 4.98 Å². The van der Waals surface area contributed by atoms with Gasteiger partial charge in [-0.05, 0) is 94.3 Å². The average molecular weight is 684 g/mol. The Hall–Kier alpha value is -6.10. The molecular formula is C48H33N3S. The third kappa shape index (κ3) is 4.64. The number of hydrogen-bond donors (Lipinski definition) is 0. The molecule has 3 nitrogen and oxygen atoms in total. The predicted octanol–water partition coefficient (Wildman–Crippen LogP) is 12.0. The van der Waals surface area contributed by atoms with Crippen molar-refractivity contribution in [2.75, 3.05) is 0 Å². The molecule has 0 saturated carbocycles. The van der Waals surface area contributed by atoms with Gasteiger partial charge in [-0.25, -0.2) is 9.97 Å². The van der Waals surface area contributed by atoms with Gasteiger partial charge in [0.25, 0.3) is 0 Å². The quantitative estimate of drug-likeness (QED) is 0.185. The molecule has 3 heterocycles. The summed E-state index contributed by atoms with van der Waals surface area (Å²) in [7, 11) is 0. The van der Waals surface area contributed by atoms with Gasteiger partial charge in [0.2, 0.25) is 0 Å². The normalized spacial score (nSPS) is 13.3. The fraction of sp³-hybridized carbons (Fsp3) is 0.0625. The predicted molar refractivity (Wildman–Crippen MR) is 212 cm³/mol. The number of rotatable bonds is 4. The summed E-state index contributed by atoms with van der Waals surface area (Å²) in [6, 6.07) is 57.1. The Morgan fingerprint density at radius 3 is 1.88 bits per heavy atom. The molecule has 246 valence electrons. The van der Waals surface area contributed by atoms with Crippen molar-refractivity contribution in [3.05, 3.63) is 197 Å². The maximum Gasteiger partial charge on any atom is 0.160 e. The molecular weight excluding hydrogens is 651 g/mol. The summed E-state index contributed by atoms with van der Waals surface area (Å²) in [6.07, 6.45) is 1.95. The number of pyridine rings is 1. The zero-order valence-electron chi connectivity index (χ0n) is 28.8. The van der Waals surface area contributed by atoms with Gasteiger partial charge in [-0.15, -0.1) is 0 Å². The van der Waals surface area contributed by atoms with Crippen molar-refractivity contribution >= 4 is 11.8 Å². The summed E-state index contributed by atoms with van der Waals surface area (Å²) >= 11 is 1.86. The standard InChI is InChI=1S/C48H33N3S/c1-30-23-26-42(49-29-30)35-16-7-6-15-34(35)33-24-25-38-37(28-33)46-36(47-50-31(2)27-43(51-47)32-13-4-3-5-14-32)17-12-20-41(46)48(38)39-18-8-10-21-44(39)52-45-22-11-9-19-40(45)48/h3-29H,1-2H3. The molecule has 1 aliphatic carbocycles. The van der Waals surface area contributed by atoms with Crippen LogP contribution >= 0.6 is 11.8 Å². The van der Waals surface area contributed by atoms with Gasteiger partial charge < -0.3 is 0 Å². The molecule has 0 unspecified atom stereocenters. The summed E-state index contributed by atoms with van der Waals surface area (Å²) in [5.41, 5.74) is 16.5. The second-order valence-electron chi connectivity index (χ2n) is 13.7. The second-order valence-corrected chi connectivity index (χ2v) is 14.8. The first kappa shape index (κ1) is 30.7. The van der Waals surface area contributed by atoms with Crippen LogP contribution in [0.15, 0.2) is 174 Å². The molecule has 0 N–H and O–H groups in total. The summed E-state index contributed by atoms with van der Waals surface area (Å²) in [5.74, 6) is 0.736. The number of hydrogen-bond acceptors (Lipinski definition) is 4.